The average Bonchev–Trinajstić information content (AvgIpc) is 3.09. The van der Waals surface area contributed by atoms with Gasteiger partial charge in [0.2, 0.25) is 11.8 Å². The van der Waals surface area contributed by atoms with Crippen LogP contribution < -0.4 is 10.6 Å². The average molecular weight is 383 g/mol. The van der Waals surface area contributed by atoms with E-state index in [1.807, 2.05) is 19.1 Å². The van der Waals surface area contributed by atoms with Gasteiger partial charge in [0.1, 0.15) is 5.82 Å². The number of anilines is 1. The summed E-state index contributed by atoms with van der Waals surface area (Å²) in [6, 6.07) is 10.1. The number of rotatable bonds is 7. The molecular formula is C21H29N5O2. The number of hydrogen-bond acceptors (Lipinski definition) is 4. The van der Waals surface area contributed by atoms with Crippen LogP contribution in [-0.2, 0) is 16.1 Å². The maximum absolute atomic E-state index is 12.5. The zero-order chi connectivity index (χ0) is 19.9. The highest BCUT2D eigenvalue weighted by atomic mass is 16.2. The molecule has 0 unspecified atom stereocenters. The Morgan fingerprint density at radius 3 is 2.71 bits per heavy atom. The summed E-state index contributed by atoms with van der Waals surface area (Å²) in [5.74, 6) is 0.841. The van der Waals surface area contributed by atoms with Gasteiger partial charge in [-0.15, -0.1) is 0 Å². The lowest BCUT2D eigenvalue weighted by atomic mass is 9.96. The predicted octanol–water partition coefficient (Wildman–Crippen LogP) is 2.03. The van der Waals surface area contributed by atoms with Crippen LogP contribution in [0.5, 0.6) is 0 Å². The highest BCUT2D eigenvalue weighted by Gasteiger charge is 2.25. The third-order valence-electron chi connectivity index (χ3n) is 5.08. The molecule has 1 saturated heterocycles. The summed E-state index contributed by atoms with van der Waals surface area (Å²) in [6.45, 7) is 7.12. The van der Waals surface area contributed by atoms with Crippen molar-refractivity contribution in [3.8, 4) is 0 Å². The molecular weight excluding hydrogens is 354 g/mol. The first-order valence-corrected chi connectivity index (χ1v) is 9.92. The standard InChI is InChI=1S/C21H29N5O2/c1-3-22-21(28)18-8-11-25(12-9-18)15-20(27)24-19-7-10-23-26(19)14-17-6-4-5-16(2)13-17/h4-7,10,13,18H,3,8-9,11-12,14-15H2,1-2H3,(H,22,28)(H,24,27). The van der Waals surface area contributed by atoms with E-state index in [4.69, 9.17) is 0 Å². The molecule has 0 atom stereocenters. The van der Waals surface area contributed by atoms with Crippen molar-refractivity contribution in [3.05, 3.63) is 47.7 Å². The van der Waals surface area contributed by atoms with Crippen molar-refractivity contribution in [2.75, 3.05) is 31.5 Å². The third kappa shape index (κ3) is 5.42. The largest absolute Gasteiger partial charge is 0.356 e. The van der Waals surface area contributed by atoms with Gasteiger partial charge in [-0.2, -0.15) is 5.10 Å². The van der Waals surface area contributed by atoms with Gasteiger partial charge in [0.25, 0.3) is 0 Å². The molecule has 1 aromatic heterocycles. The molecule has 0 spiro atoms. The SMILES string of the molecule is CCNC(=O)C1CCN(CC(=O)Nc2ccnn2Cc2cccc(C)c2)CC1. The minimum atomic E-state index is -0.0533. The van der Waals surface area contributed by atoms with Crippen LogP contribution in [0.4, 0.5) is 5.82 Å². The molecule has 3 rings (SSSR count). The minimum Gasteiger partial charge on any atom is -0.356 e. The normalized spacial score (nSPS) is 15.4. The summed E-state index contributed by atoms with van der Waals surface area (Å²) >= 11 is 0. The number of hydrogen-bond donors (Lipinski definition) is 2. The molecule has 2 heterocycles. The molecule has 0 saturated carbocycles. The van der Waals surface area contributed by atoms with Crippen molar-refractivity contribution in [2.24, 2.45) is 5.92 Å². The molecule has 150 valence electrons. The zero-order valence-electron chi connectivity index (χ0n) is 16.6. The Bertz CT molecular complexity index is 809. The fraction of sp³-hybridized carbons (Fsp3) is 0.476. The van der Waals surface area contributed by atoms with E-state index >= 15 is 0 Å². The van der Waals surface area contributed by atoms with E-state index in [1.165, 1.54) is 5.56 Å². The van der Waals surface area contributed by atoms with Gasteiger partial charge >= 0.3 is 0 Å². The molecule has 2 aromatic rings. The van der Waals surface area contributed by atoms with Crippen LogP contribution >= 0.6 is 0 Å². The lowest BCUT2D eigenvalue weighted by molar-refractivity contribution is -0.126. The molecule has 7 nitrogen and oxygen atoms in total. The Hall–Kier alpha value is -2.67. The summed E-state index contributed by atoms with van der Waals surface area (Å²) < 4.78 is 1.80. The maximum Gasteiger partial charge on any atom is 0.239 e. The highest BCUT2D eigenvalue weighted by Crippen LogP contribution is 2.17. The van der Waals surface area contributed by atoms with E-state index in [0.29, 0.717) is 25.5 Å². The summed E-state index contributed by atoms with van der Waals surface area (Å²) in [5, 5.41) is 10.2. The topological polar surface area (TPSA) is 79.3 Å². The van der Waals surface area contributed by atoms with E-state index in [2.05, 4.69) is 45.8 Å². The van der Waals surface area contributed by atoms with Crippen LogP contribution in [0.3, 0.4) is 0 Å². The molecule has 2 amide bonds. The smallest absolute Gasteiger partial charge is 0.239 e. The number of aromatic nitrogens is 2. The van der Waals surface area contributed by atoms with Gasteiger partial charge in [-0.25, -0.2) is 4.68 Å². The Kier molecular flexibility index (Phi) is 6.81. The number of carbonyl (C=O) groups excluding carboxylic acids is 2. The van der Waals surface area contributed by atoms with Gasteiger partial charge in [0, 0.05) is 18.5 Å². The van der Waals surface area contributed by atoms with E-state index in [9.17, 15) is 9.59 Å². The van der Waals surface area contributed by atoms with Crippen LogP contribution in [0.2, 0.25) is 0 Å². The van der Waals surface area contributed by atoms with Crippen molar-refractivity contribution < 1.29 is 9.59 Å². The van der Waals surface area contributed by atoms with Crippen LogP contribution in [0, 0.1) is 12.8 Å². The molecule has 0 aliphatic carbocycles. The Balaban J connectivity index is 1.50. The van der Waals surface area contributed by atoms with Gasteiger partial charge < -0.3 is 10.6 Å². The predicted molar refractivity (Wildman–Crippen MR) is 109 cm³/mol. The second-order valence-electron chi connectivity index (χ2n) is 7.36. The second-order valence-corrected chi connectivity index (χ2v) is 7.36. The number of likely N-dealkylation sites (tertiary alicyclic amines) is 1. The number of amides is 2. The van der Waals surface area contributed by atoms with Crippen molar-refractivity contribution in [1.82, 2.24) is 20.0 Å². The second kappa shape index (κ2) is 9.50. The molecule has 1 aliphatic heterocycles. The lowest BCUT2D eigenvalue weighted by Crippen LogP contribution is -2.43. The van der Waals surface area contributed by atoms with E-state index in [0.717, 1.165) is 31.5 Å². The molecule has 1 aromatic carbocycles. The molecule has 28 heavy (non-hydrogen) atoms. The number of benzene rings is 1. The molecule has 2 N–H and O–H groups in total. The van der Waals surface area contributed by atoms with Crippen LogP contribution in [0.1, 0.15) is 30.9 Å². The quantitative estimate of drug-likeness (QED) is 0.767. The first-order chi connectivity index (χ1) is 13.5. The highest BCUT2D eigenvalue weighted by molar-refractivity contribution is 5.91. The first-order valence-electron chi connectivity index (χ1n) is 9.92. The first kappa shape index (κ1) is 20.1. The maximum atomic E-state index is 12.5. The van der Waals surface area contributed by atoms with Gasteiger partial charge in [0.15, 0.2) is 0 Å². The summed E-state index contributed by atoms with van der Waals surface area (Å²) in [6.07, 6.45) is 3.29. The van der Waals surface area contributed by atoms with Crippen molar-refractivity contribution in [1.29, 1.82) is 0 Å². The number of piperidine rings is 1. The van der Waals surface area contributed by atoms with Gasteiger partial charge in [-0.05, 0) is 45.3 Å². The van der Waals surface area contributed by atoms with Gasteiger partial charge in [-0.1, -0.05) is 29.8 Å². The monoisotopic (exact) mass is 383 g/mol. The number of carbonyl (C=O) groups is 2. The van der Waals surface area contributed by atoms with Crippen LogP contribution in [0.25, 0.3) is 0 Å². The van der Waals surface area contributed by atoms with E-state index in [1.54, 1.807) is 10.9 Å². The van der Waals surface area contributed by atoms with Crippen LogP contribution in [-0.4, -0.2) is 52.7 Å². The molecule has 0 bridgehead atoms. The van der Waals surface area contributed by atoms with Crippen molar-refractivity contribution in [3.63, 3.8) is 0 Å². The summed E-state index contributed by atoms with van der Waals surface area (Å²) in [7, 11) is 0. The van der Waals surface area contributed by atoms with E-state index in [-0.39, 0.29) is 17.7 Å². The molecule has 1 aliphatic rings. The fourth-order valence-electron chi connectivity index (χ4n) is 3.61. The number of nitrogens with one attached hydrogen (secondary N) is 2. The summed E-state index contributed by atoms with van der Waals surface area (Å²) in [4.78, 5) is 26.5. The Morgan fingerprint density at radius 1 is 1.21 bits per heavy atom. The van der Waals surface area contributed by atoms with E-state index < -0.39 is 0 Å². The van der Waals surface area contributed by atoms with Crippen molar-refractivity contribution >= 4 is 17.6 Å². The third-order valence-corrected chi connectivity index (χ3v) is 5.08. The minimum absolute atomic E-state index is 0.0533. The molecule has 1 fully saturated rings. The Labute approximate surface area is 166 Å². The van der Waals surface area contributed by atoms with Gasteiger partial charge in [0.05, 0.1) is 19.3 Å². The fourth-order valence-corrected chi connectivity index (χ4v) is 3.61. The molecule has 7 heteroatoms. The Morgan fingerprint density at radius 2 is 2.00 bits per heavy atom. The summed E-state index contributed by atoms with van der Waals surface area (Å²) in [5.41, 5.74) is 2.35. The molecule has 0 radical (unpaired) electrons. The van der Waals surface area contributed by atoms with Crippen LogP contribution in [0.15, 0.2) is 36.5 Å². The lowest BCUT2D eigenvalue weighted by Gasteiger charge is -2.30. The van der Waals surface area contributed by atoms with Crippen molar-refractivity contribution in [2.45, 2.75) is 33.2 Å². The van der Waals surface area contributed by atoms with Gasteiger partial charge in [-0.3, -0.25) is 14.5 Å². The zero-order valence-corrected chi connectivity index (χ0v) is 16.6. The number of nitrogens with zero attached hydrogens (tertiary/aromatic N) is 3. The number of aryl methyl sites for hydroxylation is 1.